The number of hydrogen-bond acceptors (Lipinski definition) is 2. The minimum atomic E-state index is 0.235. The van der Waals surface area contributed by atoms with Crippen LogP contribution in [0, 0.1) is 5.92 Å². The molecular weight excluding hydrogens is 198 g/mol. The van der Waals surface area contributed by atoms with Crippen molar-refractivity contribution in [1.82, 2.24) is 0 Å². The summed E-state index contributed by atoms with van der Waals surface area (Å²) in [6.07, 6.45) is 10.5. The Morgan fingerprint density at radius 2 is 1.88 bits per heavy atom. The lowest BCUT2D eigenvalue weighted by molar-refractivity contribution is 0.00309. The highest BCUT2D eigenvalue weighted by atomic mass is 16.5. The molecule has 0 aromatic carbocycles. The molecule has 0 amide bonds. The van der Waals surface area contributed by atoms with Crippen LogP contribution in [0.3, 0.4) is 0 Å². The fraction of sp³-hybridized carbons (Fsp3) is 1.00. The summed E-state index contributed by atoms with van der Waals surface area (Å²) >= 11 is 0. The van der Waals surface area contributed by atoms with Crippen molar-refractivity contribution in [2.45, 2.75) is 77.4 Å². The second-order valence-corrected chi connectivity index (χ2v) is 5.24. The van der Waals surface area contributed by atoms with Crippen LogP contribution in [0.4, 0.5) is 0 Å². The number of rotatable bonds is 7. The van der Waals surface area contributed by atoms with E-state index in [1.54, 1.807) is 0 Å². The second-order valence-electron chi connectivity index (χ2n) is 5.24. The molecular formula is C14H29NO. The van der Waals surface area contributed by atoms with Crippen molar-refractivity contribution in [2.24, 2.45) is 11.7 Å². The molecule has 16 heavy (non-hydrogen) atoms. The van der Waals surface area contributed by atoms with E-state index in [1.165, 1.54) is 32.1 Å². The van der Waals surface area contributed by atoms with Gasteiger partial charge in [-0.05, 0) is 31.6 Å². The molecule has 2 heteroatoms. The fourth-order valence-corrected chi connectivity index (χ4v) is 2.68. The maximum absolute atomic E-state index is 6.13. The van der Waals surface area contributed by atoms with Gasteiger partial charge in [-0.15, -0.1) is 0 Å². The van der Waals surface area contributed by atoms with Crippen LogP contribution < -0.4 is 5.73 Å². The lowest BCUT2D eigenvalue weighted by Gasteiger charge is -2.27. The van der Waals surface area contributed by atoms with E-state index >= 15 is 0 Å². The lowest BCUT2D eigenvalue weighted by Crippen LogP contribution is -2.37. The van der Waals surface area contributed by atoms with Gasteiger partial charge in [0.1, 0.15) is 0 Å². The van der Waals surface area contributed by atoms with Crippen LogP contribution in [0.5, 0.6) is 0 Å². The first-order chi connectivity index (χ1) is 7.77. The predicted molar refractivity (Wildman–Crippen MR) is 69.5 cm³/mol. The van der Waals surface area contributed by atoms with Crippen molar-refractivity contribution in [2.75, 3.05) is 6.61 Å². The third-order valence-electron chi connectivity index (χ3n) is 3.77. The molecule has 2 unspecified atom stereocenters. The zero-order valence-electron chi connectivity index (χ0n) is 11.1. The quantitative estimate of drug-likeness (QED) is 0.722. The van der Waals surface area contributed by atoms with Crippen molar-refractivity contribution < 1.29 is 4.74 Å². The van der Waals surface area contributed by atoms with Crippen LogP contribution in [0.1, 0.15) is 65.2 Å². The molecule has 1 aliphatic rings. The Morgan fingerprint density at radius 1 is 1.19 bits per heavy atom. The van der Waals surface area contributed by atoms with Gasteiger partial charge < -0.3 is 10.5 Å². The first-order valence-corrected chi connectivity index (χ1v) is 7.15. The molecule has 0 heterocycles. The van der Waals surface area contributed by atoms with Crippen molar-refractivity contribution in [3.8, 4) is 0 Å². The average Bonchev–Trinajstić information content (AvgIpc) is 2.31. The monoisotopic (exact) mass is 227 g/mol. The molecule has 1 saturated carbocycles. The molecule has 0 aliphatic heterocycles. The maximum Gasteiger partial charge on any atom is 0.0723 e. The predicted octanol–water partition coefficient (Wildman–Crippen LogP) is 3.49. The van der Waals surface area contributed by atoms with Gasteiger partial charge in [0.05, 0.1) is 6.10 Å². The highest BCUT2D eigenvalue weighted by Gasteiger charge is 2.19. The maximum atomic E-state index is 6.13. The van der Waals surface area contributed by atoms with Gasteiger partial charge in [0, 0.05) is 12.6 Å². The molecule has 0 bridgehead atoms. The van der Waals surface area contributed by atoms with Gasteiger partial charge >= 0.3 is 0 Å². The number of nitrogens with two attached hydrogens (primary N) is 1. The lowest BCUT2D eigenvalue weighted by atomic mass is 9.90. The van der Waals surface area contributed by atoms with Gasteiger partial charge in [-0.1, -0.05) is 39.5 Å². The average molecular weight is 227 g/mol. The second kappa shape index (κ2) is 8.08. The Kier molecular flexibility index (Phi) is 7.06. The van der Waals surface area contributed by atoms with Gasteiger partial charge in [0.2, 0.25) is 0 Å². The van der Waals surface area contributed by atoms with Crippen LogP contribution >= 0.6 is 0 Å². The summed E-state index contributed by atoms with van der Waals surface area (Å²) in [7, 11) is 0. The Labute approximate surface area is 101 Å². The van der Waals surface area contributed by atoms with E-state index in [2.05, 4.69) is 13.8 Å². The smallest absolute Gasteiger partial charge is 0.0723 e. The highest BCUT2D eigenvalue weighted by molar-refractivity contribution is 4.73. The summed E-state index contributed by atoms with van der Waals surface area (Å²) in [5.74, 6) is 0.802. The Morgan fingerprint density at radius 3 is 2.44 bits per heavy atom. The van der Waals surface area contributed by atoms with E-state index in [9.17, 15) is 0 Å². The molecule has 0 spiro atoms. The number of hydrogen-bond donors (Lipinski definition) is 1. The van der Waals surface area contributed by atoms with Gasteiger partial charge in [0.15, 0.2) is 0 Å². The first kappa shape index (κ1) is 14.0. The molecule has 1 aliphatic carbocycles. The van der Waals surface area contributed by atoms with Gasteiger partial charge in [-0.25, -0.2) is 0 Å². The molecule has 0 radical (unpaired) electrons. The standard InChI is InChI=1S/C14H29NO/c1-3-8-13(15)14(4-2)16-11-12-9-6-5-7-10-12/h12-14H,3-11,15H2,1-2H3. The van der Waals surface area contributed by atoms with Crippen molar-refractivity contribution in [3.05, 3.63) is 0 Å². The Bertz CT molecular complexity index is 166. The van der Waals surface area contributed by atoms with Crippen LogP contribution in [0.15, 0.2) is 0 Å². The van der Waals surface area contributed by atoms with Crippen LogP contribution in [0.2, 0.25) is 0 Å². The Hall–Kier alpha value is -0.0800. The minimum absolute atomic E-state index is 0.235. The van der Waals surface area contributed by atoms with Crippen molar-refractivity contribution >= 4 is 0 Å². The summed E-state index contributed by atoms with van der Waals surface area (Å²) in [6.45, 7) is 5.31. The van der Waals surface area contributed by atoms with E-state index in [0.29, 0.717) is 0 Å². The third-order valence-corrected chi connectivity index (χ3v) is 3.77. The molecule has 1 fully saturated rings. The first-order valence-electron chi connectivity index (χ1n) is 7.15. The molecule has 1 rings (SSSR count). The van der Waals surface area contributed by atoms with Crippen LogP contribution in [0.25, 0.3) is 0 Å². The van der Waals surface area contributed by atoms with Crippen molar-refractivity contribution in [3.63, 3.8) is 0 Å². The summed E-state index contributed by atoms with van der Waals surface area (Å²) in [5, 5.41) is 0. The molecule has 0 saturated heterocycles. The molecule has 2 atom stereocenters. The van der Waals surface area contributed by atoms with Gasteiger partial charge in [-0.3, -0.25) is 0 Å². The van der Waals surface area contributed by atoms with E-state index in [1.807, 2.05) is 0 Å². The van der Waals surface area contributed by atoms with Gasteiger partial charge in [-0.2, -0.15) is 0 Å². The zero-order valence-corrected chi connectivity index (χ0v) is 11.1. The zero-order chi connectivity index (χ0) is 11.8. The molecule has 2 N–H and O–H groups in total. The molecule has 2 nitrogen and oxygen atoms in total. The largest absolute Gasteiger partial charge is 0.376 e. The summed E-state index contributed by atoms with van der Waals surface area (Å²) in [4.78, 5) is 0. The number of ether oxygens (including phenoxy) is 1. The SMILES string of the molecule is CCCC(N)C(CC)OCC1CCCCC1. The van der Waals surface area contributed by atoms with E-state index < -0.39 is 0 Å². The third kappa shape index (κ3) is 4.84. The van der Waals surface area contributed by atoms with Gasteiger partial charge in [0.25, 0.3) is 0 Å². The van der Waals surface area contributed by atoms with E-state index in [4.69, 9.17) is 10.5 Å². The molecule has 0 aromatic heterocycles. The highest BCUT2D eigenvalue weighted by Crippen LogP contribution is 2.24. The van der Waals surface area contributed by atoms with Crippen molar-refractivity contribution in [1.29, 1.82) is 0 Å². The van der Waals surface area contributed by atoms with Crippen LogP contribution in [-0.4, -0.2) is 18.8 Å². The van der Waals surface area contributed by atoms with E-state index in [-0.39, 0.29) is 12.1 Å². The van der Waals surface area contributed by atoms with Crippen LogP contribution in [-0.2, 0) is 4.74 Å². The fourth-order valence-electron chi connectivity index (χ4n) is 2.68. The Balaban J connectivity index is 2.21. The normalized spacial score (nSPS) is 21.9. The minimum Gasteiger partial charge on any atom is -0.376 e. The molecule has 0 aromatic rings. The summed E-state index contributed by atoms with van der Waals surface area (Å²) < 4.78 is 6.02. The summed E-state index contributed by atoms with van der Waals surface area (Å²) in [6, 6.07) is 0.235. The topological polar surface area (TPSA) is 35.2 Å². The molecule has 96 valence electrons. The summed E-state index contributed by atoms with van der Waals surface area (Å²) in [5.41, 5.74) is 6.13. The van der Waals surface area contributed by atoms with E-state index in [0.717, 1.165) is 31.8 Å².